The van der Waals surface area contributed by atoms with E-state index in [1.54, 1.807) is 0 Å². The van der Waals surface area contributed by atoms with Gasteiger partial charge in [-0.05, 0) is 92.5 Å². The van der Waals surface area contributed by atoms with Crippen molar-refractivity contribution in [3.05, 3.63) is 247 Å². The van der Waals surface area contributed by atoms with Crippen LogP contribution in [-0.4, -0.2) is 0 Å². The van der Waals surface area contributed by atoms with Gasteiger partial charge < -0.3 is 9.32 Å². The number of hydrogen-bond donors (Lipinski definition) is 0. The maximum Gasteiger partial charge on any atom is 0.143 e. The standard InChI is InChI=1S/C55H37NO/c1-5-15-38(16-6-1)40-25-29-44(30-26-40)56(45-31-27-41(28-32-45)39-17-7-2-8-18-39)46-33-34-49-51(37-46)55(42-19-9-3-10-20-42,43-21-11-4-12-22-43)50-36-35-48-47-23-13-14-24-52(47)57-54(48)53(49)50/h1-37H. The van der Waals surface area contributed by atoms with E-state index >= 15 is 0 Å². The molecule has 0 N–H and O–H groups in total. The first-order valence-corrected chi connectivity index (χ1v) is 19.6. The molecule has 1 aliphatic carbocycles. The van der Waals surface area contributed by atoms with Gasteiger partial charge in [-0.2, -0.15) is 0 Å². The van der Waals surface area contributed by atoms with Crippen molar-refractivity contribution >= 4 is 39.0 Å². The summed E-state index contributed by atoms with van der Waals surface area (Å²) in [6, 6.07) is 81.1. The van der Waals surface area contributed by atoms with Crippen LogP contribution in [0.2, 0.25) is 0 Å². The molecule has 10 aromatic rings. The molecular weight excluding hydrogens is 691 g/mol. The van der Waals surface area contributed by atoms with Gasteiger partial charge >= 0.3 is 0 Å². The van der Waals surface area contributed by atoms with Gasteiger partial charge in [0.05, 0.1) is 5.41 Å². The first-order valence-electron chi connectivity index (χ1n) is 19.6. The van der Waals surface area contributed by atoms with Crippen molar-refractivity contribution in [2.75, 3.05) is 4.90 Å². The topological polar surface area (TPSA) is 16.4 Å². The van der Waals surface area contributed by atoms with Gasteiger partial charge in [0.1, 0.15) is 11.2 Å². The average Bonchev–Trinajstić information content (AvgIpc) is 3.82. The zero-order valence-electron chi connectivity index (χ0n) is 31.2. The molecule has 1 heterocycles. The molecule has 0 aliphatic heterocycles. The van der Waals surface area contributed by atoms with Crippen molar-refractivity contribution in [3.8, 4) is 33.4 Å². The molecule has 268 valence electrons. The van der Waals surface area contributed by atoms with Crippen LogP contribution in [0.3, 0.4) is 0 Å². The highest BCUT2D eigenvalue weighted by molar-refractivity contribution is 6.12. The quantitative estimate of drug-likeness (QED) is 0.163. The Hall–Kier alpha value is -7.42. The molecule has 1 aromatic heterocycles. The highest BCUT2D eigenvalue weighted by Gasteiger charge is 2.47. The Morgan fingerprint density at radius 3 is 1.39 bits per heavy atom. The number of benzene rings is 9. The number of fused-ring (bicyclic) bond motifs is 7. The molecule has 0 fully saturated rings. The third kappa shape index (κ3) is 5.26. The average molecular weight is 728 g/mol. The van der Waals surface area contributed by atoms with E-state index in [9.17, 15) is 0 Å². The molecule has 0 atom stereocenters. The Bertz CT molecular complexity index is 2900. The molecular formula is C55H37NO. The molecule has 9 aromatic carbocycles. The van der Waals surface area contributed by atoms with Gasteiger partial charge in [0.15, 0.2) is 0 Å². The van der Waals surface area contributed by atoms with E-state index in [0.29, 0.717) is 0 Å². The number of anilines is 3. The van der Waals surface area contributed by atoms with Crippen LogP contribution in [0.5, 0.6) is 0 Å². The van der Waals surface area contributed by atoms with Crippen LogP contribution in [0.4, 0.5) is 17.1 Å². The molecule has 11 rings (SSSR count). The van der Waals surface area contributed by atoms with Gasteiger partial charge in [-0.25, -0.2) is 0 Å². The minimum Gasteiger partial charge on any atom is -0.455 e. The van der Waals surface area contributed by atoms with Gasteiger partial charge in [-0.3, -0.25) is 0 Å². The number of furan rings is 1. The zero-order chi connectivity index (χ0) is 37.8. The van der Waals surface area contributed by atoms with E-state index in [-0.39, 0.29) is 0 Å². The molecule has 2 nitrogen and oxygen atoms in total. The lowest BCUT2D eigenvalue weighted by atomic mass is 9.67. The smallest absolute Gasteiger partial charge is 0.143 e. The van der Waals surface area contributed by atoms with Crippen LogP contribution < -0.4 is 4.90 Å². The predicted octanol–water partition coefficient (Wildman–Crippen LogP) is 14.8. The lowest BCUT2D eigenvalue weighted by Crippen LogP contribution is -2.28. The Morgan fingerprint density at radius 1 is 0.351 bits per heavy atom. The molecule has 0 saturated heterocycles. The van der Waals surface area contributed by atoms with Crippen LogP contribution in [0.1, 0.15) is 22.3 Å². The lowest BCUT2D eigenvalue weighted by Gasteiger charge is -2.35. The second-order valence-electron chi connectivity index (χ2n) is 14.8. The molecule has 0 saturated carbocycles. The van der Waals surface area contributed by atoms with Crippen LogP contribution in [0.15, 0.2) is 229 Å². The summed E-state index contributed by atoms with van der Waals surface area (Å²) in [5.41, 5.74) is 16.5. The highest BCUT2D eigenvalue weighted by atomic mass is 16.3. The second kappa shape index (κ2) is 13.4. The summed E-state index contributed by atoms with van der Waals surface area (Å²) in [7, 11) is 0. The molecule has 0 amide bonds. The number of hydrogen-bond acceptors (Lipinski definition) is 2. The third-order valence-electron chi connectivity index (χ3n) is 11.8. The van der Waals surface area contributed by atoms with Gasteiger partial charge in [-0.1, -0.05) is 182 Å². The van der Waals surface area contributed by atoms with Crippen LogP contribution in [0, 0.1) is 0 Å². The van der Waals surface area contributed by atoms with Gasteiger partial charge in [-0.15, -0.1) is 0 Å². The van der Waals surface area contributed by atoms with E-state index < -0.39 is 5.41 Å². The van der Waals surface area contributed by atoms with Crippen molar-refractivity contribution in [2.24, 2.45) is 0 Å². The summed E-state index contributed by atoms with van der Waals surface area (Å²) < 4.78 is 6.82. The number of rotatable bonds is 7. The summed E-state index contributed by atoms with van der Waals surface area (Å²) in [5, 5.41) is 2.27. The zero-order valence-corrected chi connectivity index (χ0v) is 31.2. The fourth-order valence-electron chi connectivity index (χ4n) is 9.19. The van der Waals surface area contributed by atoms with Gasteiger partial charge in [0, 0.05) is 33.4 Å². The maximum atomic E-state index is 6.82. The van der Waals surface area contributed by atoms with Crippen molar-refractivity contribution in [1.29, 1.82) is 0 Å². The van der Waals surface area contributed by atoms with E-state index in [4.69, 9.17) is 4.42 Å². The number of nitrogens with zero attached hydrogens (tertiary/aromatic N) is 1. The Morgan fingerprint density at radius 2 is 0.825 bits per heavy atom. The second-order valence-corrected chi connectivity index (χ2v) is 14.8. The van der Waals surface area contributed by atoms with Crippen LogP contribution in [0.25, 0.3) is 55.3 Å². The van der Waals surface area contributed by atoms with Crippen molar-refractivity contribution in [2.45, 2.75) is 5.41 Å². The predicted molar refractivity (Wildman–Crippen MR) is 237 cm³/mol. The molecule has 2 heteroatoms. The van der Waals surface area contributed by atoms with Gasteiger partial charge in [0.2, 0.25) is 0 Å². The molecule has 0 spiro atoms. The number of para-hydroxylation sites is 1. The lowest BCUT2D eigenvalue weighted by molar-refractivity contribution is 0.669. The highest BCUT2D eigenvalue weighted by Crippen LogP contribution is 2.59. The Balaban J connectivity index is 1.17. The van der Waals surface area contributed by atoms with Crippen molar-refractivity contribution in [3.63, 3.8) is 0 Å². The van der Waals surface area contributed by atoms with E-state index in [1.165, 1.54) is 50.1 Å². The van der Waals surface area contributed by atoms with Crippen LogP contribution in [-0.2, 0) is 5.41 Å². The van der Waals surface area contributed by atoms with Crippen molar-refractivity contribution < 1.29 is 4.42 Å². The first-order chi connectivity index (χ1) is 28.3. The Labute approximate surface area is 332 Å². The SMILES string of the molecule is c1ccc(-c2ccc(N(c3ccc(-c4ccccc4)cc3)c3ccc4c(c3)C(c3ccccc3)(c3ccccc3)c3ccc5c(oc6ccccc65)c3-4)cc2)cc1. The first kappa shape index (κ1) is 33.0. The van der Waals surface area contributed by atoms with Gasteiger partial charge in [0.25, 0.3) is 0 Å². The summed E-state index contributed by atoms with van der Waals surface area (Å²) in [6.45, 7) is 0. The molecule has 0 unspecified atom stereocenters. The third-order valence-corrected chi connectivity index (χ3v) is 11.8. The molecule has 57 heavy (non-hydrogen) atoms. The van der Waals surface area contributed by atoms with Crippen molar-refractivity contribution in [1.82, 2.24) is 0 Å². The molecule has 0 bridgehead atoms. The fourth-order valence-corrected chi connectivity index (χ4v) is 9.19. The minimum absolute atomic E-state index is 0.601. The monoisotopic (exact) mass is 727 g/mol. The van der Waals surface area contributed by atoms with E-state index in [0.717, 1.165) is 44.6 Å². The van der Waals surface area contributed by atoms with E-state index in [2.05, 4.69) is 229 Å². The normalized spacial score (nSPS) is 12.7. The van der Waals surface area contributed by atoms with E-state index in [1.807, 2.05) is 0 Å². The Kier molecular flexibility index (Phi) is 7.75. The summed E-state index contributed by atoms with van der Waals surface area (Å²) in [6.07, 6.45) is 0. The summed E-state index contributed by atoms with van der Waals surface area (Å²) >= 11 is 0. The fraction of sp³-hybridized carbons (Fsp3) is 0.0182. The molecule has 1 aliphatic rings. The van der Waals surface area contributed by atoms with Crippen LogP contribution >= 0.6 is 0 Å². The summed E-state index contributed by atoms with van der Waals surface area (Å²) in [5.74, 6) is 0. The summed E-state index contributed by atoms with van der Waals surface area (Å²) in [4.78, 5) is 2.39. The largest absolute Gasteiger partial charge is 0.455 e. The minimum atomic E-state index is -0.601. The molecule has 0 radical (unpaired) electrons. The maximum absolute atomic E-state index is 6.82.